The summed E-state index contributed by atoms with van der Waals surface area (Å²) in [5.74, 6) is -0.900. The number of aliphatic hydroxyl groups excluding tert-OH is 1. The van der Waals surface area contributed by atoms with Crippen molar-refractivity contribution < 1.29 is 29.6 Å². The van der Waals surface area contributed by atoms with Crippen molar-refractivity contribution in [2.24, 2.45) is 0 Å². The summed E-state index contributed by atoms with van der Waals surface area (Å²) in [4.78, 5) is 13.1. The van der Waals surface area contributed by atoms with Crippen LogP contribution in [-0.4, -0.2) is 47.5 Å². The number of hydrogen-bond acceptors (Lipinski definition) is 6. The number of aromatic hydroxyl groups is 2. The average Bonchev–Trinajstić information content (AvgIpc) is 2.91. The maximum atomic E-state index is 13.1. The van der Waals surface area contributed by atoms with Gasteiger partial charge in [0, 0.05) is 12.7 Å². The SMILES string of the molecule is COC1=C(c2ccc(O)cc2)[C@](CO)(OC)[C@@H](c2ccc(O)cc2)C1=O. The Balaban J connectivity index is 2.23. The van der Waals surface area contributed by atoms with Crippen LogP contribution in [0.3, 0.4) is 0 Å². The van der Waals surface area contributed by atoms with Gasteiger partial charge < -0.3 is 24.8 Å². The van der Waals surface area contributed by atoms with Gasteiger partial charge in [-0.05, 0) is 35.4 Å². The molecule has 2 aromatic carbocycles. The molecular formula is C20H20O6. The zero-order valence-corrected chi connectivity index (χ0v) is 14.5. The smallest absolute Gasteiger partial charge is 0.208 e. The number of benzene rings is 2. The van der Waals surface area contributed by atoms with Crippen molar-refractivity contribution in [1.82, 2.24) is 0 Å². The van der Waals surface area contributed by atoms with Gasteiger partial charge in [0.05, 0.1) is 19.6 Å². The molecule has 0 heterocycles. The van der Waals surface area contributed by atoms with Crippen LogP contribution in [0.15, 0.2) is 54.3 Å². The first-order chi connectivity index (χ1) is 12.5. The number of allylic oxidation sites excluding steroid dienone is 1. The van der Waals surface area contributed by atoms with Gasteiger partial charge >= 0.3 is 0 Å². The van der Waals surface area contributed by atoms with Crippen molar-refractivity contribution in [2.75, 3.05) is 20.8 Å². The predicted molar refractivity (Wildman–Crippen MR) is 94.7 cm³/mol. The lowest BCUT2D eigenvalue weighted by atomic mass is 9.79. The first-order valence-electron chi connectivity index (χ1n) is 8.05. The third kappa shape index (κ3) is 2.64. The number of phenolic OH excluding ortho intramolecular Hbond substituents is 2. The van der Waals surface area contributed by atoms with Crippen LogP contribution in [0.2, 0.25) is 0 Å². The molecule has 6 nitrogen and oxygen atoms in total. The Labute approximate surface area is 150 Å². The van der Waals surface area contributed by atoms with Crippen molar-refractivity contribution in [3.63, 3.8) is 0 Å². The summed E-state index contributed by atoms with van der Waals surface area (Å²) in [6.45, 7) is -0.455. The van der Waals surface area contributed by atoms with E-state index in [1.807, 2.05) is 0 Å². The van der Waals surface area contributed by atoms with Gasteiger partial charge in [0.15, 0.2) is 5.76 Å². The standard InChI is InChI=1S/C20H20O6/c1-25-19-17(13-5-9-15(23)10-6-13)20(11-21,26-2)16(18(19)24)12-3-7-14(22)8-4-12/h3-10,16,21-23H,11H2,1-2H3/t16-,20+/m0/s1. The highest BCUT2D eigenvalue weighted by Gasteiger charge is 2.56. The van der Waals surface area contributed by atoms with E-state index < -0.39 is 18.1 Å². The monoisotopic (exact) mass is 356 g/mol. The molecule has 0 bridgehead atoms. The molecule has 2 atom stereocenters. The van der Waals surface area contributed by atoms with Crippen LogP contribution in [0.25, 0.3) is 5.57 Å². The molecule has 0 fully saturated rings. The summed E-state index contributed by atoms with van der Waals surface area (Å²) in [5, 5.41) is 29.4. The lowest BCUT2D eigenvalue weighted by molar-refractivity contribution is -0.124. The lowest BCUT2D eigenvalue weighted by Gasteiger charge is -2.34. The zero-order valence-electron chi connectivity index (χ0n) is 14.5. The fraction of sp³-hybridized carbons (Fsp3) is 0.250. The Morgan fingerprint density at radius 3 is 1.96 bits per heavy atom. The number of carbonyl (C=O) groups is 1. The van der Waals surface area contributed by atoms with Crippen molar-refractivity contribution in [2.45, 2.75) is 11.5 Å². The second-order valence-electron chi connectivity index (χ2n) is 6.10. The fourth-order valence-corrected chi connectivity index (χ4v) is 3.55. The summed E-state index contributed by atoms with van der Waals surface area (Å²) in [5.41, 5.74) is 0.265. The molecule has 1 aliphatic carbocycles. The van der Waals surface area contributed by atoms with E-state index >= 15 is 0 Å². The Kier molecular flexibility index (Phi) is 4.71. The number of Topliss-reactive ketones (excluding diaryl/α,β-unsaturated/α-hetero) is 1. The van der Waals surface area contributed by atoms with E-state index in [-0.39, 0.29) is 23.0 Å². The number of hydrogen-bond donors (Lipinski definition) is 3. The van der Waals surface area contributed by atoms with Crippen LogP contribution in [-0.2, 0) is 14.3 Å². The highest BCUT2D eigenvalue weighted by molar-refractivity contribution is 6.13. The number of methoxy groups -OCH3 is 2. The molecule has 2 aromatic rings. The molecule has 0 radical (unpaired) electrons. The van der Waals surface area contributed by atoms with E-state index in [1.54, 1.807) is 24.3 Å². The molecule has 6 heteroatoms. The minimum atomic E-state index is -1.35. The molecule has 0 amide bonds. The summed E-state index contributed by atoms with van der Waals surface area (Å²) >= 11 is 0. The summed E-state index contributed by atoms with van der Waals surface area (Å²) in [6.07, 6.45) is 0. The van der Waals surface area contributed by atoms with Crippen molar-refractivity contribution >= 4 is 11.4 Å². The van der Waals surface area contributed by atoms with Gasteiger partial charge in [-0.1, -0.05) is 24.3 Å². The van der Waals surface area contributed by atoms with Gasteiger partial charge in [0.1, 0.15) is 17.1 Å². The second-order valence-corrected chi connectivity index (χ2v) is 6.10. The Morgan fingerprint density at radius 1 is 0.962 bits per heavy atom. The maximum Gasteiger partial charge on any atom is 0.208 e. The number of carbonyl (C=O) groups excluding carboxylic acids is 1. The Hall–Kier alpha value is -2.83. The van der Waals surface area contributed by atoms with Gasteiger partial charge in [0.25, 0.3) is 0 Å². The van der Waals surface area contributed by atoms with Crippen LogP contribution < -0.4 is 0 Å². The van der Waals surface area contributed by atoms with Gasteiger partial charge in [-0.15, -0.1) is 0 Å². The second kappa shape index (κ2) is 6.82. The van der Waals surface area contributed by atoms with E-state index in [2.05, 4.69) is 0 Å². The molecule has 0 saturated carbocycles. The van der Waals surface area contributed by atoms with Gasteiger partial charge in [-0.3, -0.25) is 4.79 Å². The highest BCUT2D eigenvalue weighted by atomic mass is 16.5. The third-order valence-electron chi connectivity index (χ3n) is 4.79. The average molecular weight is 356 g/mol. The van der Waals surface area contributed by atoms with E-state index in [0.717, 1.165) is 0 Å². The first-order valence-corrected chi connectivity index (χ1v) is 8.05. The van der Waals surface area contributed by atoms with Crippen molar-refractivity contribution in [3.05, 3.63) is 65.4 Å². The Bertz CT molecular complexity index is 832. The number of ether oxygens (including phenoxy) is 2. The van der Waals surface area contributed by atoms with Crippen LogP contribution in [0, 0.1) is 0 Å². The molecular weight excluding hydrogens is 336 g/mol. The number of phenols is 2. The molecule has 3 rings (SSSR count). The summed E-state index contributed by atoms with van der Waals surface area (Å²) in [7, 11) is 2.82. The molecule has 1 aliphatic rings. The van der Waals surface area contributed by atoms with Crippen molar-refractivity contribution in [1.29, 1.82) is 0 Å². The summed E-state index contributed by atoms with van der Waals surface area (Å²) in [6, 6.07) is 12.5. The molecule has 0 aromatic heterocycles. The first kappa shape index (κ1) is 18.0. The molecule has 0 saturated heterocycles. The fourth-order valence-electron chi connectivity index (χ4n) is 3.55. The van der Waals surface area contributed by atoms with E-state index in [1.165, 1.54) is 38.5 Å². The van der Waals surface area contributed by atoms with Crippen LogP contribution in [0.4, 0.5) is 0 Å². The molecule has 136 valence electrons. The predicted octanol–water partition coefficient (Wildman–Crippen LogP) is 2.20. The minimum absolute atomic E-state index is 0.0740. The van der Waals surface area contributed by atoms with Crippen LogP contribution in [0.1, 0.15) is 17.0 Å². The lowest BCUT2D eigenvalue weighted by Crippen LogP contribution is -2.42. The maximum absolute atomic E-state index is 13.1. The normalized spacial score (nSPS) is 22.7. The molecule has 0 spiro atoms. The molecule has 26 heavy (non-hydrogen) atoms. The van der Waals surface area contributed by atoms with Gasteiger partial charge in [0.2, 0.25) is 5.78 Å². The number of ketones is 1. The number of rotatable bonds is 5. The van der Waals surface area contributed by atoms with Crippen molar-refractivity contribution in [3.8, 4) is 11.5 Å². The van der Waals surface area contributed by atoms with Crippen LogP contribution in [0.5, 0.6) is 11.5 Å². The quantitative estimate of drug-likeness (QED) is 0.760. The minimum Gasteiger partial charge on any atom is -0.508 e. The molecule has 3 N–H and O–H groups in total. The zero-order chi connectivity index (χ0) is 18.9. The largest absolute Gasteiger partial charge is 0.508 e. The van der Waals surface area contributed by atoms with E-state index in [0.29, 0.717) is 16.7 Å². The van der Waals surface area contributed by atoms with E-state index in [9.17, 15) is 20.1 Å². The number of aliphatic hydroxyl groups is 1. The van der Waals surface area contributed by atoms with Crippen LogP contribution >= 0.6 is 0 Å². The molecule has 0 unspecified atom stereocenters. The topological polar surface area (TPSA) is 96.2 Å². The van der Waals surface area contributed by atoms with Gasteiger partial charge in [-0.2, -0.15) is 0 Å². The molecule has 0 aliphatic heterocycles. The van der Waals surface area contributed by atoms with E-state index in [4.69, 9.17) is 9.47 Å². The van der Waals surface area contributed by atoms with Gasteiger partial charge in [-0.25, -0.2) is 0 Å². The third-order valence-corrected chi connectivity index (χ3v) is 4.79. The highest BCUT2D eigenvalue weighted by Crippen LogP contribution is 2.51. The Morgan fingerprint density at radius 2 is 1.50 bits per heavy atom. The summed E-state index contributed by atoms with van der Waals surface area (Å²) < 4.78 is 11.1.